The maximum Gasteiger partial charge on any atom is 0.311 e. The molecule has 0 spiro atoms. The molecular weight excluding hydrogens is 295 g/mol. The lowest BCUT2D eigenvalue weighted by molar-refractivity contribution is -0.133. The van der Waals surface area contributed by atoms with E-state index in [2.05, 4.69) is 0 Å². The smallest absolute Gasteiger partial charge is 0.260 e. The Kier molecular flexibility index (Phi) is 4.46. The van der Waals surface area contributed by atoms with Gasteiger partial charge in [0.25, 0.3) is 0 Å². The summed E-state index contributed by atoms with van der Waals surface area (Å²) in [7, 11) is 0. The molecule has 1 aliphatic carbocycles. The van der Waals surface area contributed by atoms with E-state index in [9.17, 15) is 45.9 Å². The van der Waals surface area contributed by atoms with Crippen molar-refractivity contribution < 1.29 is 45.9 Å². The topological polar surface area (TPSA) is 85.3 Å². The molecule has 0 amide bonds. The number of carbonyl (C=O) groups excluding carboxylic acids is 5. The van der Waals surface area contributed by atoms with Crippen molar-refractivity contribution in [1.29, 1.82) is 0 Å². The van der Waals surface area contributed by atoms with E-state index in [0.29, 0.717) is 0 Å². The first kappa shape index (κ1) is 16.1. The molecule has 1 rings (SSSR count). The molecule has 0 aromatic carbocycles. The second kappa shape index (κ2) is 5.55. The lowest BCUT2D eigenvalue weighted by Gasteiger charge is -2.11. The second-order valence-electron chi connectivity index (χ2n) is 3.24. The minimum Gasteiger partial charge on any atom is -0.260 e. The van der Waals surface area contributed by atoms with Gasteiger partial charge in [-0.05, 0) is 0 Å². The number of halogens is 5. The lowest BCUT2D eigenvalue weighted by atomic mass is 9.88. The zero-order chi connectivity index (χ0) is 15.8. The van der Waals surface area contributed by atoms with Gasteiger partial charge in [-0.25, -0.2) is 0 Å². The van der Waals surface area contributed by atoms with Crippen molar-refractivity contribution >= 4 is 30.2 Å². The fraction of sp³-hybridized carbons (Fsp3) is 0. The van der Waals surface area contributed by atoms with Gasteiger partial charge in [-0.2, -0.15) is 22.0 Å². The van der Waals surface area contributed by atoms with Gasteiger partial charge in [0.05, 0.1) is 0 Å². The number of carbonyl (C=O) groups is 5. The molecule has 0 aromatic rings. The van der Waals surface area contributed by atoms with Crippen LogP contribution in [0.3, 0.4) is 0 Å². The van der Waals surface area contributed by atoms with E-state index in [-0.39, 0.29) is 0 Å². The number of hydrogen-bond donors (Lipinski definition) is 0. The molecule has 0 heterocycles. The standard InChI is InChI=1S/C10F5O5/c11-6(16)1-2(7(12)17)4(9(14)19)5(10(15)20)3(1)8(13)18. The highest BCUT2D eigenvalue weighted by Crippen LogP contribution is 2.55. The second-order valence-corrected chi connectivity index (χ2v) is 3.24. The molecule has 5 nitrogen and oxygen atoms in total. The molecule has 1 fully saturated rings. The zero-order valence-electron chi connectivity index (χ0n) is 8.93. The van der Waals surface area contributed by atoms with E-state index in [1.54, 1.807) is 0 Å². The van der Waals surface area contributed by atoms with Gasteiger partial charge in [-0.1, -0.05) is 0 Å². The fourth-order valence-electron chi connectivity index (χ4n) is 1.61. The Morgan fingerprint density at radius 2 is 0.500 bits per heavy atom. The van der Waals surface area contributed by atoms with Crippen LogP contribution in [-0.4, -0.2) is 30.2 Å². The average molecular weight is 295 g/mol. The molecule has 0 N–H and O–H groups in total. The Morgan fingerprint density at radius 3 is 0.550 bits per heavy atom. The predicted molar refractivity (Wildman–Crippen MR) is 46.8 cm³/mol. The summed E-state index contributed by atoms with van der Waals surface area (Å²) in [5.41, 5.74) is 0. The van der Waals surface area contributed by atoms with E-state index in [4.69, 9.17) is 0 Å². The maximum atomic E-state index is 12.7. The number of rotatable bonds is 5. The summed E-state index contributed by atoms with van der Waals surface area (Å²) in [5, 5.41) is 0. The molecule has 0 atom stereocenters. The van der Waals surface area contributed by atoms with Crippen LogP contribution in [0.1, 0.15) is 0 Å². The van der Waals surface area contributed by atoms with Crippen molar-refractivity contribution in [3.05, 3.63) is 29.6 Å². The third-order valence-electron chi connectivity index (χ3n) is 2.23. The molecule has 1 aliphatic rings. The summed E-state index contributed by atoms with van der Waals surface area (Å²) in [6.45, 7) is 0. The van der Waals surface area contributed by atoms with Crippen LogP contribution < -0.4 is 0 Å². The highest BCUT2D eigenvalue weighted by molar-refractivity contribution is 6.27. The summed E-state index contributed by atoms with van der Waals surface area (Å²) < 4.78 is 63.3. The Balaban J connectivity index is 3.51. The van der Waals surface area contributed by atoms with Crippen LogP contribution in [0.4, 0.5) is 22.0 Å². The summed E-state index contributed by atoms with van der Waals surface area (Å²) >= 11 is 0. The van der Waals surface area contributed by atoms with Crippen LogP contribution in [0.15, 0.2) is 0 Å². The molecule has 10 heteroatoms. The van der Waals surface area contributed by atoms with E-state index in [1.165, 1.54) is 0 Å². The number of hydrogen-bond acceptors (Lipinski definition) is 5. The first-order valence-electron chi connectivity index (χ1n) is 4.47. The van der Waals surface area contributed by atoms with Crippen molar-refractivity contribution in [2.75, 3.05) is 0 Å². The Labute approximate surface area is 107 Å². The van der Waals surface area contributed by atoms with Gasteiger partial charge in [0.2, 0.25) is 0 Å². The highest BCUT2D eigenvalue weighted by Gasteiger charge is 2.67. The van der Waals surface area contributed by atoms with Crippen molar-refractivity contribution in [2.45, 2.75) is 0 Å². The minimum absolute atomic E-state index is 2.02. The first-order chi connectivity index (χ1) is 9.11. The van der Waals surface area contributed by atoms with Crippen LogP contribution >= 0.6 is 0 Å². The van der Waals surface area contributed by atoms with Crippen LogP contribution in [0, 0.1) is 29.6 Å². The maximum absolute atomic E-state index is 12.7. The van der Waals surface area contributed by atoms with Gasteiger partial charge in [-0.15, -0.1) is 0 Å². The largest absolute Gasteiger partial charge is 0.311 e. The predicted octanol–water partition coefficient (Wildman–Crippen LogP) is 0.353. The van der Waals surface area contributed by atoms with Crippen LogP contribution in [-0.2, 0) is 24.0 Å². The summed E-state index contributed by atoms with van der Waals surface area (Å²) in [6.07, 6.45) is 0. The molecule has 0 unspecified atom stereocenters. The third kappa shape index (κ3) is 2.49. The third-order valence-corrected chi connectivity index (χ3v) is 2.23. The first-order valence-corrected chi connectivity index (χ1v) is 4.47. The van der Waals surface area contributed by atoms with Gasteiger partial charge < -0.3 is 0 Å². The molecule has 0 aromatic heterocycles. The fourth-order valence-corrected chi connectivity index (χ4v) is 1.61. The molecule has 105 valence electrons. The summed E-state index contributed by atoms with van der Waals surface area (Å²) in [6, 6.07) is -14.2. The Morgan fingerprint density at radius 1 is 0.400 bits per heavy atom. The van der Waals surface area contributed by atoms with Crippen LogP contribution in [0.2, 0.25) is 0 Å². The molecule has 0 aliphatic heterocycles. The lowest BCUT2D eigenvalue weighted by Crippen LogP contribution is -2.26. The van der Waals surface area contributed by atoms with Gasteiger partial charge in [0.1, 0.15) is 29.6 Å². The van der Waals surface area contributed by atoms with E-state index < -0.39 is 59.8 Å². The SMILES string of the molecule is O=C(F)[C]1[C](C(=O)F)[C](C(=O)F)[C](C(=O)F)[C]1C(=O)F. The van der Waals surface area contributed by atoms with E-state index in [0.717, 1.165) is 0 Å². The Hall–Kier alpha value is -2.00. The molecular formula is C10F5O5. The van der Waals surface area contributed by atoms with Crippen LogP contribution in [0.5, 0.6) is 0 Å². The van der Waals surface area contributed by atoms with Gasteiger partial charge in [0, 0.05) is 0 Å². The quantitative estimate of drug-likeness (QED) is 0.540. The monoisotopic (exact) mass is 295 g/mol. The van der Waals surface area contributed by atoms with E-state index >= 15 is 0 Å². The van der Waals surface area contributed by atoms with Crippen molar-refractivity contribution in [3.63, 3.8) is 0 Å². The summed E-state index contributed by atoms with van der Waals surface area (Å²) in [4.78, 5) is 52.7. The molecule has 0 saturated heterocycles. The van der Waals surface area contributed by atoms with Crippen molar-refractivity contribution in [3.8, 4) is 0 Å². The molecule has 5 radical (unpaired) electrons. The average Bonchev–Trinajstić information content (AvgIpc) is 2.64. The minimum atomic E-state index is -2.83. The van der Waals surface area contributed by atoms with E-state index in [1.807, 2.05) is 0 Å². The zero-order valence-corrected chi connectivity index (χ0v) is 8.93. The Bertz CT molecular complexity index is 390. The normalized spacial score (nSPS) is 19.2. The van der Waals surface area contributed by atoms with Gasteiger partial charge >= 0.3 is 30.2 Å². The molecule has 1 saturated carbocycles. The summed E-state index contributed by atoms with van der Waals surface area (Å²) in [5.74, 6) is -10.1. The highest BCUT2D eigenvalue weighted by atomic mass is 19.2. The van der Waals surface area contributed by atoms with Gasteiger partial charge in [0.15, 0.2) is 0 Å². The van der Waals surface area contributed by atoms with Crippen molar-refractivity contribution in [1.82, 2.24) is 0 Å². The van der Waals surface area contributed by atoms with Crippen LogP contribution in [0.25, 0.3) is 0 Å². The van der Waals surface area contributed by atoms with Crippen molar-refractivity contribution in [2.24, 2.45) is 0 Å². The molecule has 0 bridgehead atoms. The molecule has 20 heavy (non-hydrogen) atoms. The van der Waals surface area contributed by atoms with Gasteiger partial charge in [-0.3, -0.25) is 24.0 Å².